The molecule has 0 spiro atoms. The number of fused-ring (bicyclic) bond motifs is 1. The van der Waals surface area contributed by atoms with Gasteiger partial charge in [-0.2, -0.15) is 0 Å². The van der Waals surface area contributed by atoms with Gasteiger partial charge in [-0.15, -0.1) is 0 Å². The minimum atomic E-state index is -1.21. The molecule has 0 radical (unpaired) electrons. The van der Waals surface area contributed by atoms with Crippen LogP contribution in [0.1, 0.15) is 24.0 Å². The lowest BCUT2D eigenvalue weighted by Gasteiger charge is -2.31. The van der Waals surface area contributed by atoms with Crippen LogP contribution in [-0.2, 0) is 12.8 Å². The summed E-state index contributed by atoms with van der Waals surface area (Å²) in [5.74, 6) is 0. The molecule has 1 aliphatic rings. The zero-order chi connectivity index (χ0) is 13.6. The lowest BCUT2D eigenvalue weighted by molar-refractivity contribution is 0.686. The average molecular weight is 277 g/mol. The molecule has 0 N–H and O–H groups in total. The van der Waals surface area contributed by atoms with Crippen LogP contribution in [0.4, 0.5) is 0 Å². The van der Waals surface area contributed by atoms with Crippen molar-refractivity contribution >= 4 is 26.5 Å². The van der Waals surface area contributed by atoms with E-state index < -0.39 is 16.1 Å². The number of benzene rings is 1. The van der Waals surface area contributed by atoms with Crippen molar-refractivity contribution < 1.29 is 0 Å². The fourth-order valence-corrected chi connectivity index (χ4v) is 8.25. The zero-order valence-electron chi connectivity index (χ0n) is 13.0. The first-order valence-corrected chi connectivity index (χ1v) is 14.4. The maximum absolute atomic E-state index is 2.61. The van der Waals surface area contributed by atoms with Crippen LogP contribution in [-0.4, -0.2) is 16.1 Å². The predicted molar refractivity (Wildman–Crippen MR) is 89.0 cm³/mol. The van der Waals surface area contributed by atoms with Gasteiger partial charge in [0.25, 0.3) is 0 Å². The summed E-state index contributed by atoms with van der Waals surface area (Å²) >= 11 is 0. The van der Waals surface area contributed by atoms with Gasteiger partial charge in [-0.05, 0) is 36.8 Å². The van der Waals surface area contributed by atoms with Crippen LogP contribution >= 0.6 is 0 Å². The second-order valence-corrected chi connectivity index (χ2v) is 18.0. The Morgan fingerprint density at radius 2 is 1.00 bits per heavy atom. The van der Waals surface area contributed by atoms with Crippen molar-refractivity contribution in [1.29, 1.82) is 0 Å². The normalized spacial score (nSPS) is 16.6. The van der Waals surface area contributed by atoms with Crippen LogP contribution in [0.15, 0.2) is 12.1 Å². The van der Waals surface area contributed by atoms with Gasteiger partial charge in [0.05, 0.1) is 16.1 Å². The Kier molecular flexibility index (Phi) is 3.63. The minimum Gasteiger partial charge on any atom is -0.0656 e. The molecule has 0 atom stereocenters. The maximum atomic E-state index is 2.61. The summed E-state index contributed by atoms with van der Waals surface area (Å²) in [7, 11) is -2.42. The second kappa shape index (κ2) is 4.64. The molecular weight excluding hydrogens is 248 g/mol. The van der Waals surface area contributed by atoms with Gasteiger partial charge in [-0.25, -0.2) is 0 Å². The molecule has 1 aliphatic carbocycles. The van der Waals surface area contributed by atoms with E-state index in [1.165, 1.54) is 25.7 Å². The van der Waals surface area contributed by atoms with Crippen LogP contribution in [0.2, 0.25) is 39.3 Å². The number of rotatable bonds is 2. The van der Waals surface area contributed by atoms with Crippen molar-refractivity contribution in [2.45, 2.75) is 65.0 Å². The highest BCUT2D eigenvalue weighted by Gasteiger charge is 2.29. The SMILES string of the molecule is C[Si](C)(C)c1cc2c(cc1[Si](C)(C)C)CCCC2. The first kappa shape index (κ1) is 14.1. The number of hydrogen-bond acceptors (Lipinski definition) is 0. The molecule has 0 heterocycles. The maximum Gasteiger partial charge on any atom is 0.0774 e. The largest absolute Gasteiger partial charge is 0.0774 e. The van der Waals surface area contributed by atoms with E-state index in [4.69, 9.17) is 0 Å². The minimum absolute atomic E-state index is 1.21. The molecule has 2 rings (SSSR count). The van der Waals surface area contributed by atoms with Gasteiger partial charge in [0.2, 0.25) is 0 Å². The van der Waals surface area contributed by atoms with Crippen molar-refractivity contribution in [2.24, 2.45) is 0 Å². The Morgan fingerprint density at radius 3 is 1.28 bits per heavy atom. The third-order valence-electron chi connectivity index (χ3n) is 4.10. The Labute approximate surface area is 115 Å². The van der Waals surface area contributed by atoms with Crippen LogP contribution in [0.5, 0.6) is 0 Å². The van der Waals surface area contributed by atoms with Gasteiger partial charge in [0, 0.05) is 0 Å². The molecule has 1 aromatic carbocycles. The molecule has 1 aromatic rings. The number of hydrogen-bond donors (Lipinski definition) is 0. The van der Waals surface area contributed by atoms with E-state index in [9.17, 15) is 0 Å². The van der Waals surface area contributed by atoms with Gasteiger partial charge >= 0.3 is 0 Å². The van der Waals surface area contributed by atoms with Gasteiger partial charge < -0.3 is 0 Å². The molecule has 2 heteroatoms. The Morgan fingerprint density at radius 1 is 0.667 bits per heavy atom. The summed E-state index contributed by atoms with van der Waals surface area (Å²) in [6.45, 7) is 15.0. The van der Waals surface area contributed by atoms with Crippen molar-refractivity contribution in [3.05, 3.63) is 23.3 Å². The first-order valence-electron chi connectivity index (χ1n) is 7.36. The molecule has 0 bridgehead atoms. The third kappa shape index (κ3) is 2.80. The van der Waals surface area contributed by atoms with E-state index in [1.54, 1.807) is 21.5 Å². The van der Waals surface area contributed by atoms with Gasteiger partial charge in [-0.3, -0.25) is 0 Å². The van der Waals surface area contributed by atoms with Crippen LogP contribution in [0, 0.1) is 0 Å². The lowest BCUT2D eigenvalue weighted by atomic mass is 9.92. The second-order valence-electron chi connectivity index (χ2n) is 7.87. The molecule has 0 saturated heterocycles. The third-order valence-corrected chi connectivity index (χ3v) is 8.41. The topological polar surface area (TPSA) is 0 Å². The standard InChI is InChI=1S/C16H28Si2/c1-17(2,3)15-11-13-9-7-8-10-14(13)12-16(15)18(4,5)6/h11-12H,7-10H2,1-6H3. The summed E-state index contributed by atoms with van der Waals surface area (Å²) in [5, 5.41) is 3.50. The fourth-order valence-electron chi connectivity index (χ4n) is 3.03. The summed E-state index contributed by atoms with van der Waals surface area (Å²) < 4.78 is 0. The van der Waals surface area contributed by atoms with E-state index >= 15 is 0 Å². The highest BCUT2D eigenvalue weighted by atomic mass is 28.3. The summed E-state index contributed by atoms with van der Waals surface area (Å²) in [6, 6.07) is 5.21. The highest BCUT2D eigenvalue weighted by Crippen LogP contribution is 2.21. The van der Waals surface area contributed by atoms with Crippen molar-refractivity contribution in [3.63, 3.8) is 0 Å². The predicted octanol–water partition coefficient (Wildman–Crippen LogP) is 3.66. The van der Waals surface area contributed by atoms with Crippen LogP contribution < -0.4 is 10.4 Å². The fraction of sp³-hybridized carbons (Fsp3) is 0.625. The van der Waals surface area contributed by atoms with Gasteiger partial charge in [0.15, 0.2) is 0 Å². The summed E-state index contributed by atoms with van der Waals surface area (Å²) in [6.07, 6.45) is 5.42. The molecule has 0 nitrogen and oxygen atoms in total. The molecule has 0 aromatic heterocycles. The quantitative estimate of drug-likeness (QED) is 0.723. The van der Waals surface area contributed by atoms with E-state index in [2.05, 4.69) is 51.4 Å². The molecule has 0 fully saturated rings. The Balaban J connectivity index is 2.63. The monoisotopic (exact) mass is 276 g/mol. The molecule has 100 valence electrons. The summed E-state index contributed by atoms with van der Waals surface area (Å²) in [4.78, 5) is 0. The smallest absolute Gasteiger partial charge is 0.0656 e. The molecule has 0 amide bonds. The van der Waals surface area contributed by atoms with Crippen molar-refractivity contribution in [1.82, 2.24) is 0 Å². The van der Waals surface area contributed by atoms with E-state index in [0.29, 0.717) is 0 Å². The van der Waals surface area contributed by atoms with Crippen LogP contribution in [0.25, 0.3) is 0 Å². The lowest BCUT2D eigenvalue weighted by Crippen LogP contribution is -2.56. The Hall–Kier alpha value is -0.346. The van der Waals surface area contributed by atoms with Crippen molar-refractivity contribution in [2.75, 3.05) is 0 Å². The van der Waals surface area contributed by atoms with E-state index in [0.717, 1.165) is 0 Å². The van der Waals surface area contributed by atoms with Crippen LogP contribution in [0.3, 0.4) is 0 Å². The van der Waals surface area contributed by atoms with E-state index in [-0.39, 0.29) is 0 Å². The Bertz CT molecular complexity index is 404. The number of aryl methyl sites for hydroxylation is 2. The summed E-state index contributed by atoms with van der Waals surface area (Å²) in [5.41, 5.74) is 3.33. The molecule has 0 saturated carbocycles. The van der Waals surface area contributed by atoms with Gasteiger partial charge in [-0.1, -0.05) is 61.8 Å². The molecular formula is C16H28Si2. The first-order chi connectivity index (χ1) is 8.19. The molecule has 0 aliphatic heterocycles. The van der Waals surface area contributed by atoms with Crippen molar-refractivity contribution in [3.8, 4) is 0 Å². The molecule has 0 unspecified atom stereocenters. The van der Waals surface area contributed by atoms with E-state index in [1.807, 2.05) is 0 Å². The van der Waals surface area contributed by atoms with Gasteiger partial charge in [0.1, 0.15) is 0 Å². The zero-order valence-corrected chi connectivity index (χ0v) is 15.0. The average Bonchev–Trinajstić information content (AvgIpc) is 2.25. The molecule has 18 heavy (non-hydrogen) atoms. The highest BCUT2D eigenvalue weighted by molar-refractivity contribution is 6.98.